The summed E-state index contributed by atoms with van der Waals surface area (Å²) in [4.78, 5) is 56.4. The van der Waals surface area contributed by atoms with E-state index in [1.165, 1.54) is 17.0 Å². The molecule has 4 N–H and O–H groups in total. The number of hydrogen-bond acceptors (Lipinski definition) is 6. The van der Waals surface area contributed by atoms with E-state index in [9.17, 15) is 24.3 Å². The van der Waals surface area contributed by atoms with Crippen LogP contribution in [-0.2, 0) is 22.6 Å². The molecule has 0 radical (unpaired) electrons. The number of carbonyl (C=O) groups excluding carboxylic acids is 4. The number of nitrogens with one attached hydrogen (secondary N) is 1. The van der Waals surface area contributed by atoms with Crippen molar-refractivity contribution in [3.63, 3.8) is 0 Å². The fraction of sp³-hybridized carbons (Fsp3) is 0.267. The van der Waals surface area contributed by atoms with E-state index in [0.29, 0.717) is 30.6 Å². The molecule has 3 amide bonds. The Kier molecular flexibility index (Phi) is 7.42. The second-order valence-electron chi connectivity index (χ2n) is 9.90. The van der Waals surface area contributed by atoms with Crippen molar-refractivity contribution in [2.75, 3.05) is 13.1 Å². The molecule has 3 atom stereocenters. The minimum Gasteiger partial charge on any atom is -0.508 e. The van der Waals surface area contributed by atoms with Gasteiger partial charge in [-0.2, -0.15) is 0 Å². The smallest absolute Gasteiger partial charge is 0.254 e. The van der Waals surface area contributed by atoms with Gasteiger partial charge >= 0.3 is 0 Å². The zero-order valence-corrected chi connectivity index (χ0v) is 21.3. The average Bonchev–Trinajstić information content (AvgIpc) is 3.54. The maximum atomic E-state index is 13.9. The predicted molar refractivity (Wildman–Crippen MR) is 144 cm³/mol. The number of fused-ring (bicyclic) bond motifs is 1. The highest BCUT2D eigenvalue weighted by molar-refractivity contribution is 6.03. The lowest BCUT2D eigenvalue weighted by atomic mass is 10.0. The normalized spacial score (nSPS) is 19.1. The van der Waals surface area contributed by atoms with Crippen LogP contribution in [0.25, 0.3) is 0 Å². The highest BCUT2D eigenvalue weighted by Gasteiger charge is 2.52. The zero-order chi connectivity index (χ0) is 27.5. The van der Waals surface area contributed by atoms with E-state index in [2.05, 4.69) is 5.32 Å². The summed E-state index contributed by atoms with van der Waals surface area (Å²) in [6.45, 7) is 0.583. The van der Waals surface area contributed by atoms with Crippen LogP contribution in [0.15, 0.2) is 78.9 Å². The highest BCUT2D eigenvalue weighted by atomic mass is 16.3. The van der Waals surface area contributed by atoms with Crippen molar-refractivity contribution in [1.29, 1.82) is 0 Å². The molecule has 0 aromatic heterocycles. The summed E-state index contributed by atoms with van der Waals surface area (Å²) >= 11 is 0. The molecule has 5 rings (SSSR count). The van der Waals surface area contributed by atoms with Gasteiger partial charge in [0, 0.05) is 30.6 Å². The van der Waals surface area contributed by atoms with E-state index < -0.39 is 24.0 Å². The molecule has 2 heterocycles. The van der Waals surface area contributed by atoms with Gasteiger partial charge in [0.2, 0.25) is 5.91 Å². The molecule has 0 bridgehead atoms. The van der Waals surface area contributed by atoms with Gasteiger partial charge in [0.25, 0.3) is 11.8 Å². The summed E-state index contributed by atoms with van der Waals surface area (Å²) in [6.07, 6.45) is 0.640. The summed E-state index contributed by atoms with van der Waals surface area (Å²) in [5.74, 6) is -1.15. The van der Waals surface area contributed by atoms with Crippen molar-refractivity contribution in [1.82, 2.24) is 15.1 Å². The molecule has 0 saturated carbocycles. The summed E-state index contributed by atoms with van der Waals surface area (Å²) in [6, 6.07) is 19.9. The number of rotatable bonds is 7. The summed E-state index contributed by atoms with van der Waals surface area (Å²) in [7, 11) is 0. The standard InChI is InChI=1S/C30H30N4O5/c31-17-20-6-10-21(11-7-20)28(37)32-24(16-19-8-12-23(35)13-9-19)30(39)33-15-14-25-27(33)26(36)18-34(25)29(38)22-4-2-1-3-5-22/h1-13,24-25,27,35H,14-18,31H2,(H,32,37)/t24-,25?,27?/m0/s1. The SMILES string of the molecule is NCc1ccc(C(=O)N[C@@H](Cc2ccc(O)cc2)C(=O)N2CCC3C2C(=O)CN3C(=O)c2ccccc2)cc1. The molecule has 2 unspecified atom stereocenters. The lowest BCUT2D eigenvalue weighted by Gasteiger charge is -2.28. The van der Waals surface area contributed by atoms with E-state index in [-0.39, 0.29) is 36.3 Å². The number of nitrogens with zero attached hydrogens (tertiary/aromatic N) is 2. The first-order valence-corrected chi connectivity index (χ1v) is 12.9. The van der Waals surface area contributed by atoms with Crippen LogP contribution >= 0.6 is 0 Å². The Bertz CT molecular complexity index is 1370. The maximum Gasteiger partial charge on any atom is 0.254 e. The molecule has 0 spiro atoms. The number of Topliss-reactive ketones (excluding diaryl/α,β-unsaturated/α-hetero) is 1. The number of ketones is 1. The van der Waals surface area contributed by atoms with Crippen LogP contribution in [0.3, 0.4) is 0 Å². The predicted octanol–water partition coefficient (Wildman–Crippen LogP) is 1.89. The van der Waals surface area contributed by atoms with Crippen LogP contribution in [0.4, 0.5) is 0 Å². The number of phenolic OH excluding ortho intramolecular Hbond substituents is 1. The number of nitrogens with two attached hydrogens (primary N) is 1. The van der Waals surface area contributed by atoms with Crippen molar-refractivity contribution in [3.8, 4) is 5.75 Å². The molecule has 3 aromatic carbocycles. The fourth-order valence-corrected chi connectivity index (χ4v) is 5.39. The Morgan fingerprint density at radius 1 is 0.897 bits per heavy atom. The zero-order valence-electron chi connectivity index (χ0n) is 21.3. The second kappa shape index (κ2) is 11.1. The van der Waals surface area contributed by atoms with E-state index in [1.807, 2.05) is 6.07 Å². The number of benzene rings is 3. The second-order valence-corrected chi connectivity index (χ2v) is 9.90. The largest absolute Gasteiger partial charge is 0.508 e. The Balaban J connectivity index is 1.37. The van der Waals surface area contributed by atoms with E-state index >= 15 is 0 Å². The lowest BCUT2D eigenvalue weighted by molar-refractivity contribution is -0.138. The first kappa shape index (κ1) is 26.1. The third kappa shape index (κ3) is 5.39. The minimum atomic E-state index is -0.957. The quantitative estimate of drug-likeness (QED) is 0.431. The van der Waals surface area contributed by atoms with Gasteiger partial charge in [0.05, 0.1) is 12.6 Å². The minimum absolute atomic E-state index is 0.0602. The third-order valence-corrected chi connectivity index (χ3v) is 7.42. The van der Waals surface area contributed by atoms with Gasteiger partial charge in [0.15, 0.2) is 5.78 Å². The summed E-state index contributed by atoms with van der Waals surface area (Å²) in [5, 5.41) is 12.5. The van der Waals surface area contributed by atoms with Crippen LogP contribution in [0.1, 0.15) is 38.3 Å². The van der Waals surface area contributed by atoms with Crippen LogP contribution < -0.4 is 11.1 Å². The number of hydrogen-bond donors (Lipinski definition) is 3. The number of carbonyl (C=O) groups is 4. The Hall–Kier alpha value is -4.50. The summed E-state index contributed by atoms with van der Waals surface area (Å²) in [5.41, 5.74) is 8.14. The maximum absolute atomic E-state index is 13.9. The van der Waals surface area contributed by atoms with Crippen LogP contribution in [-0.4, -0.2) is 69.6 Å². The molecule has 9 nitrogen and oxygen atoms in total. The Morgan fingerprint density at radius 2 is 1.56 bits per heavy atom. The molecule has 2 saturated heterocycles. The fourth-order valence-electron chi connectivity index (χ4n) is 5.39. The van der Waals surface area contributed by atoms with E-state index in [0.717, 1.165) is 11.1 Å². The molecule has 2 fully saturated rings. The van der Waals surface area contributed by atoms with Gasteiger partial charge in [-0.05, 0) is 53.9 Å². The van der Waals surface area contributed by atoms with E-state index in [4.69, 9.17) is 5.73 Å². The lowest BCUT2D eigenvalue weighted by Crippen LogP contribution is -2.53. The van der Waals surface area contributed by atoms with Gasteiger partial charge in [0.1, 0.15) is 17.8 Å². The Labute approximate surface area is 226 Å². The number of likely N-dealkylation sites (tertiary alicyclic amines) is 2. The molecule has 0 aliphatic carbocycles. The van der Waals surface area contributed by atoms with Crippen LogP contribution in [0, 0.1) is 0 Å². The van der Waals surface area contributed by atoms with Crippen molar-refractivity contribution in [2.45, 2.75) is 37.5 Å². The van der Waals surface area contributed by atoms with Gasteiger partial charge in [-0.15, -0.1) is 0 Å². The molecule has 2 aliphatic rings. The van der Waals surface area contributed by atoms with Crippen LogP contribution in [0.2, 0.25) is 0 Å². The van der Waals surface area contributed by atoms with Crippen molar-refractivity contribution >= 4 is 23.5 Å². The Morgan fingerprint density at radius 3 is 2.23 bits per heavy atom. The molecular formula is C30H30N4O5. The van der Waals surface area contributed by atoms with E-state index in [1.54, 1.807) is 65.6 Å². The van der Waals surface area contributed by atoms with Crippen molar-refractivity contribution in [3.05, 3.63) is 101 Å². The molecule has 9 heteroatoms. The third-order valence-electron chi connectivity index (χ3n) is 7.42. The van der Waals surface area contributed by atoms with Gasteiger partial charge in [-0.25, -0.2) is 0 Å². The van der Waals surface area contributed by atoms with Gasteiger partial charge < -0.3 is 26.0 Å². The number of phenols is 1. The first-order chi connectivity index (χ1) is 18.9. The van der Waals surface area contributed by atoms with Gasteiger partial charge in [-0.1, -0.05) is 42.5 Å². The summed E-state index contributed by atoms with van der Waals surface area (Å²) < 4.78 is 0. The van der Waals surface area contributed by atoms with Crippen molar-refractivity contribution in [2.24, 2.45) is 5.73 Å². The average molecular weight is 527 g/mol. The highest BCUT2D eigenvalue weighted by Crippen LogP contribution is 2.31. The first-order valence-electron chi connectivity index (χ1n) is 12.9. The number of amides is 3. The molecule has 39 heavy (non-hydrogen) atoms. The topological polar surface area (TPSA) is 133 Å². The molecule has 3 aromatic rings. The molecule has 2 aliphatic heterocycles. The number of aromatic hydroxyl groups is 1. The molecule has 200 valence electrons. The van der Waals surface area contributed by atoms with Crippen LogP contribution in [0.5, 0.6) is 5.75 Å². The molecular weight excluding hydrogens is 496 g/mol. The van der Waals surface area contributed by atoms with Gasteiger partial charge in [-0.3, -0.25) is 19.2 Å². The monoisotopic (exact) mass is 526 g/mol. The van der Waals surface area contributed by atoms with Crippen molar-refractivity contribution < 1.29 is 24.3 Å².